The van der Waals surface area contributed by atoms with Gasteiger partial charge in [-0.3, -0.25) is 19.3 Å². The lowest BCUT2D eigenvalue weighted by Crippen LogP contribution is -2.29. The Morgan fingerprint density at radius 2 is 1.61 bits per heavy atom. The lowest BCUT2D eigenvalue weighted by Gasteiger charge is -2.26. The van der Waals surface area contributed by atoms with E-state index in [9.17, 15) is 19.5 Å². The van der Waals surface area contributed by atoms with Gasteiger partial charge in [0.25, 0.3) is 11.7 Å². The third-order valence-electron chi connectivity index (χ3n) is 5.67. The van der Waals surface area contributed by atoms with Gasteiger partial charge in [-0.2, -0.15) is 0 Å². The van der Waals surface area contributed by atoms with Crippen molar-refractivity contribution in [2.24, 2.45) is 0 Å². The summed E-state index contributed by atoms with van der Waals surface area (Å²) in [6, 6.07) is 18.8. The van der Waals surface area contributed by atoms with Crippen LogP contribution in [0.15, 0.2) is 78.4 Å². The third kappa shape index (κ3) is 4.79. The number of hydrogen-bond acceptors (Lipinski definition) is 7. The molecule has 8 heteroatoms. The zero-order chi connectivity index (χ0) is 25.8. The van der Waals surface area contributed by atoms with Gasteiger partial charge in [0.2, 0.25) is 0 Å². The molecule has 1 N–H and O–H groups in total. The summed E-state index contributed by atoms with van der Waals surface area (Å²) in [5, 5.41) is 11.3. The predicted octanol–water partition coefficient (Wildman–Crippen LogP) is 4.65. The lowest BCUT2D eigenvalue weighted by atomic mass is 9.95. The lowest BCUT2D eigenvalue weighted by molar-refractivity contribution is -0.132. The summed E-state index contributed by atoms with van der Waals surface area (Å²) in [6.45, 7) is 3.62. The van der Waals surface area contributed by atoms with Crippen LogP contribution in [0.1, 0.15) is 31.0 Å². The summed E-state index contributed by atoms with van der Waals surface area (Å²) in [7, 11) is 1.53. The molecule has 1 saturated heterocycles. The smallest absolute Gasteiger partial charge is 0.308 e. The number of esters is 1. The molecule has 1 aliphatic heterocycles. The van der Waals surface area contributed by atoms with Gasteiger partial charge in [-0.15, -0.1) is 0 Å². The minimum Gasteiger partial charge on any atom is -0.507 e. The number of rotatable bonds is 7. The van der Waals surface area contributed by atoms with E-state index >= 15 is 0 Å². The Hall–Kier alpha value is -4.59. The number of nitrogens with zero attached hydrogens (tertiary/aromatic N) is 1. The van der Waals surface area contributed by atoms with E-state index in [1.54, 1.807) is 72.8 Å². The third-order valence-corrected chi connectivity index (χ3v) is 5.67. The van der Waals surface area contributed by atoms with Gasteiger partial charge in [0.05, 0.1) is 25.3 Å². The molecular weight excluding hydrogens is 462 g/mol. The highest BCUT2D eigenvalue weighted by Gasteiger charge is 2.47. The van der Waals surface area contributed by atoms with E-state index in [0.29, 0.717) is 34.9 Å². The molecule has 184 valence electrons. The van der Waals surface area contributed by atoms with Gasteiger partial charge in [0.15, 0.2) is 0 Å². The highest BCUT2D eigenvalue weighted by Crippen LogP contribution is 2.43. The number of aliphatic hydroxyl groups is 1. The van der Waals surface area contributed by atoms with E-state index < -0.39 is 23.7 Å². The van der Waals surface area contributed by atoms with Gasteiger partial charge in [0, 0.05) is 18.2 Å². The number of amides is 1. The predicted molar refractivity (Wildman–Crippen MR) is 133 cm³/mol. The number of carbonyl (C=O) groups is 3. The second-order valence-electron chi connectivity index (χ2n) is 7.99. The highest BCUT2D eigenvalue weighted by atomic mass is 16.5. The molecule has 3 aromatic carbocycles. The Morgan fingerprint density at radius 3 is 2.22 bits per heavy atom. The molecule has 0 aromatic heterocycles. The summed E-state index contributed by atoms with van der Waals surface area (Å²) < 4.78 is 15.9. The van der Waals surface area contributed by atoms with Crippen LogP contribution in [0, 0.1) is 0 Å². The Labute approximate surface area is 208 Å². The van der Waals surface area contributed by atoms with Crippen molar-refractivity contribution in [1.29, 1.82) is 0 Å². The maximum absolute atomic E-state index is 13.3. The van der Waals surface area contributed by atoms with Gasteiger partial charge in [0.1, 0.15) is 23.0 Å². The average molecular weight is 488 g/mol. The molecule has 0 saturated carbocycles. The molecule has 0 aliphatic carbocycles. The molecule has 1 atom stereocenters. The molecule has 1 aliphatic rings. The largest absolute Gasteiger partial charge is 0.507 e. The van der Waals surface area contributed by atoms with Crippen LogP contribution in [0.5, 0.6) is 17.2 Å². The summed E-state index contributed by atoms with van der Waals surface area (Å²) in [4.78, 5) is 39.4. The molecule has 8 nitrogen and oxygen atoms in total. The summed E-state index contributed by atoms with van der Waals surface area (Å²) >= 11 is 0. The van der Waals surface area contributed by atoms with E-state index in [4.69, 9.17) is 14.2 Å². The van der Waals surface area contributed by atoms with E-state index in [1.807, 2.05) is 6.92 Å². The molecule has 1 heterocycles. The number of hydrogen-bond donors (Lipinski definition) is 1. The van der Waals surface area contributed by atoms with Crippen LogP contribution in [-0.2, 0) is 14.4 Å². The minimum atomic E-state index is -0.972. The molecule has 0 bridgehead atoms. The Morgan fingerprint density at radius 1 is 0.944 bits per heavy atom. The number of anilines is 1. The molecular formula is C28H25NO7. The van der Waals surface area contributed by atoms with Gasteiger partial charge in [-0.1, -0.05) is 12.1 Å². The minimum absolute atomic E-state index is 0.0834. The van der Waals surface area contributed by atoms with Crippen LogP contribution in [0.4, 0.5) is 5.69 Å². The number of Topliss-reactive ketones (excluding diaryl/α,β-unsaturated/α-hetero) is 1. The van der Waals surface area contributed by atoms with Crippen LogP contribution in [0.25, 0.3) is 5.76 Å². The molecule has 1 amide bonds. The van der Waals surface area contributed by atoms with Crippen LogP contribution in [0.2, 0.25) is 0 Å². The average Bonchev–Trinajstić information content (AvgIpc) is 3.14. The van der Waals surface area contributed by atoms with Crippen molar-refractivity contribution in [2.45, 2.75) is 19.9 Å². The van der Waals surface area contributed by atoms with Crippen molar-refractivity contribution < 1.29 is 33.7 Å². The Balaban J connectivity index is 1.88. The van der Waals surface area contributed by atoms with E-state index in [2.05, 4.69) is 0 Å². The quantitative estimate of drug-likeness (QED) is 0.170. The Bertz CT molecular complexity index is 1330. The fraction of sp³-hybridized carbons (Fsp3) is 0.179. The summed E-state index contributed by atoms with van der Waals surface area (Å²) in [5.74, 6) is -1.02. The fourth-order valence-electron chi connectivity index (χ4n) is 4.10. The normalized spacial score (nSPS) is 16.6. The van der Waals surface area contributed by atoms with E-state index in [-0.39, 0.29) is 17.1 Å². The molecule has 1 fully saturated rings. The summed E-state index contributed by atoms with van der Waals surface area (Å²) in [5.41, 5.74) is 1.19. The molecule has 1 unspecified atom stereocenters. The molecule has 3 aromatic rings. The number of aliphatic hydroxyl groups excluding tert-OH is 1. The van der Waals surface area contributed by atoms with Crippen LogP contribution in [0.3, 0.4) is 0 Å². The first-order valence-corrected chi connectivity index (χ1v) is 11.3. The van der Waals surface area contributed by atoms with Gasteiger partial charge >= 0.3 is 5.97 Å². The molecule has 0 spiro atoms. The van der Waals surface area contributed by atoms with Crippen molar-refractivity contribution in [3.63, 3.8) is 0 Å². The molecule has 0 radical (unpaired) electrons. The number of methoxy groups -OCH3 is 1. The molecule has 36 heavy (non-hydrogen) atoms. The van der Waals surface area contributed by atoms with Crippen molar-refractivity contribution >= 4 is 29.1 Å². The zero-order valence-electron chi connectivity index (χ0n) is 20.1. The maximum atomic E-state index is 13.3. The van der Waals surface area contributed by atoms with E-state index in [1.165, 1.54) is 18.9 Å². The van der Waals surface area contributed by atoms with Crippen molar-refractivity contribution in [1.82, 2.24) is 0 Å². The van der Waals surface area contributed by atoms with Crippen LogP contribution >= 0.6 is 0 Å². The highest BCUT2D eigenvalue weighted by molar-refractivity contribution is 6.51. The van der Waals surface area contributed by atoms with E-state index in [0.717, 1.165) is 0 Å². The first-order valence-electron chi connectivity index (χ1n) is 11.3. The number of ketones is 1. The Kier molecular flexibility index (Phi) is 7.05. The van der Waals surface area contributed by atoms with Crippen LogP contribution < -0.4 is 19.1 Å². The first-order chi connectivity index (χ1) is 17.3. The topological polar surface area (TPSA) is 102 Å². The monoisotopic (exact) mass is 487 g/mol. The van der Waals surface area contributed by atoms with Crippen LogP contribution in [-0.4, -0.2) is 36.5 Å². The molecule has 4 rings (SSSR count). The first kappa shape index (κ1) is 24.5. The van der Waals surface area contributed by atoms with Gasteiger partial charge in [-0.25, -0.2) is 0 Å². The number of carbonyl (C=O) groups excluding carboxylic acids is 3. The van der Waals surface area contributed by atoms with Gasteiger partial charge in [-0.05, 0) is 73.2 Å². The second-order valence-corrected chi connectivity index (χ2v) is 7.99. The van der Waals surface area contributed by atoms with Crippen molar-refractivity contribution in [2.75, 3.05) is 18.6 Å². The second kappa shape index (κ2) is 10.4. The standard InChI is InChI=1S/C28H25NO7/c1-4-35-22-12-8-18(9-13-22)26(31)24-25(19-6-5-7-23(16-19)36-17(2)30)29(28(33)27(24)32)20-10-14-21(34-3)15-11-20/h5-16,25,31H,4H2,1-3H3/b26-24-. The summed E-state index contributed by atoms with van der Waals surface area (Å²) in [6.07, 6.45) is 0. The number of benzene rings is 3. The SMILES string of the molecule is CCOc1ccc(/C(O)=C2/C(=O)C(=O)N(c3ccc(OC)cc3)C2c2cccc(OC(C)=O)c2)cc1. The van der Waals surface area contributed by atoms with Gasteiger partial charge < -0.3 is 19.3 Å². The number of ether oxygens (including phenoxy) is 3. The zero-order valence-corrected chi connectivity index (χ0v) is 20.1. The fourth-order valence-corrected chi connectivity index (χ4v) is 4.10. The maximum Gasteiger partial charge on any atom is 0.308 e. The van der Waals surface area contributed by atoms with Crippen molar-refractivity contribution in [3.8, 4) is 17.2 Å². The van der Waals surface area contributed by atoms with Crippen molar-refractivity contribution in [3.05, 3.63) is 89.5 Å².